The molecule has 0 spiro atoms. The molecule has 0 heterocycles. The van der Waals surface area contributed by atoms with Crippen LogP contribution in [-0.2, 0) is 9.59 Å². The average molecular weight is 507 g/mol. The van der Waals surface area contributed by atoms with E-state index in [9.17, 15) is 9.59 Å². The van der Waals surface area contributed by atoms with Crippen LogP contribution in [0.15, 0.2) is 60.7 Å². The van der Waals surface area contributed by atoms with E-state index in [1.807, 2.05) is 48.5 Å². The van der Waals surface area contributed by atoms with E-state index in [0.29, 0.717) is 40.9 Å². The molecule has 0 amide bonds. The van der Waals surface area contributed by atoms with E-state index in [-0.39, 0.29) is 11.9 Å². The van der Waals surface area contributed by atoms with Gasteiger partial charge in [-0.25, -0.2) is 0 Å². The van der Waals surface area contributed by atoms with Crippen LogP contribution < -0.4 is 28.4 Å². The zero-order valence-electron chi connectivity index (χ0n) is 21.7. The number of methoxy groups -OCH3 is 4. The molecule has 8 nitrogen and oxygen atoms in total. The lowest BCUT2D eigenvalue weighted by Crippen LogP contribution is -2.07. The Bertz CT molecular complexity index is 1410. The fourth-order valence-electron chi connectivity index (χ4n) is 3.76. The van der Waals surface area contributed by atoms with Gasteiger partial charge in [0.25, 0.3) is 0 Å². The number of hydrogen-bond acceptors (Lipinski definition) is 8. The van der Waals surface area contributed by atoms with Crippen LogP contribution in [-0.4, -0.2) is 40.4 Å². The Morgan fingerprint density at radius 3 is 1.32 bits per heavy atom. The molecule has 0 bridgehead atoms. The first-order valence-electron chi connectivity index (χ1n) is 11.5. The van der Waals surface area contributed by atoms with Crippen LogP contribution in [0.25, 0.3) is 21.5 Å². The summed E-state index contributed by atoms with van der Waals surface area (Å²) >= 11 is 0. The van der Waals surface area contributed by atoms with Crippen molar-refractivity contribution in [2.75, 3.05) is 28.4 Å². The molecule has 0 atom stereocenters. The second-order valence-corrected chi connectivity index (χ2v) is 7.73. The van der Waals surface area contributed by atoms with Crippen molar-refractivity contribution in [2.45, 2.75) is 20.3 Å². The van der Waals surface area contributed by atoms with E-state index < -0.39 is 0 Å². The van der Waals surface area contributed by atoms with Gasteiger partial charge in [0.1, 0.15) is 11.5 Å². The lowest BCUT2D eigenvalue weighted by atomic mass is 10.1. The Hall–Kier alpha value is -4.46. The molecule has 37 heavy (non-hydrogen) atoms. The van der Waals surface area contributed by atoms with Gasteiger partial charge >= 0.3 is 11.9 Å². The summed E-state index contributed by atoms with van der Waals surface area (Å²) in [6.07, 6.45) is 0.309. The summed E-state index contributed by atoms with van der Waals surface area (Å²) < 4.78 is 31.8. The van der Waals surface area contributed by atoms with E-state index in [2.05, 4.69) is 0 Å². The summed E-state index contributed by atoms with van der Waals surface area (Å²) in [5.74, 6) is 2.49. The molecule has 0 fully saturated rings. The third-order valence-electron chi connectivity index (χ3n) is 5.48. The molecule has 0 saturated carbocycles. The SMILES string of the molecule is CCC(=O)Oc1c(OC)cc(OC)c2ccccc12.COc1cc(OC)c2ccccc2c1OC(C)=O. The van der Waals surface area contributed by atoms with Crippen molar-refractivity contribution in [3.8, 4) is 34.5 Å². The average Bonchev–Trinajstić information content (AvgIpc) is 2.93. The van der Waals surface area contributed by atoms with Crippen LogP contribution in [0.1, 0.15) is 20.3 Å². The van der Waals surface area contributed by atoms with Crippen molar-refractivity contribution < 1.29 is 38.0 Å². The van der Waals surface area contributed by atoms with Gasteiger partial charge in [0.15, 0.2) is 23.0 Å². The Morgan fingerprint density at radius 1 is 0.595 bits per heavy atom. The number of hydrogen-bond donors (Lipinski definition) is 0. The second kappa shape index (κ2) is 12.5. The van der Waals surface area contributed by atoms with E-state index in [1.54, 1.807) is 33.3 Å². The lowest BCUT2D eigenvalue weighted by molar-refractivity contribution is -0.134. The lowest BCUT2D eigenvalue weighted by Gasteiger charge is -2.14. The maximum Gasteiger partial charge on any atom is 0.311 e. The van der Waals surface area contributed by atoms with Gasteiger partial charge in [0.05, 0.1) is 28.4 Å². The van der Waals surface area contributed by atoms with Crippen LogP contribution >= 0.6 is 0 Å². The molecule has 4 rings (SSSR count). The van der Waals surface area contributed by atoms with Crippen molar-refractivity contribution in [3.05, 3.63) is 60.7 Å². The molecular weight excluding hydrogens is 476 g/mol. The number of ether oxygens (including phenoxy) is 6. The maximum absolute atomic E-state index is 11.5. The summed E-state index contributed by atoms with van der Waals surface area (Å²) in [5.41, 5.74) is 0. The standard InChI is InChI=1S/C15H16O4.C14H14O4/c1-4-14(16)19-15-11-8-6-5-7-10(11)12(17-2)9-13(15)18-3;1-9(15)18-14-11-7-5-4-6-10(11)12(16-2)8-13(14)17-3/h5-9H,4H2,1-3H3;4-8H,1-3H3. The van der Waals surface area contributed by atoms with Gasteiger partial charge in [-0.15, -0.1) is 0 Å². The highest BCUT2D eigenvalue weighted by molar-refractivity contribution is 5.98. The Balaban J connectivity index is 0.000000206. The molecule has 0 aliphatic rings. The summed E-state index contributed by atoms with van der Waals surface area (Å²) in [5, 5.41) is 3.33. The van der Waals surface area contributed by atoms with Gasteiger partial charge in [0.2, 0.25) is 0 Å². The largest absolute Gasteiger partial charge is 0.496 e. The topological polar surface area (TPSA) is 89.5 Å². The number of benzene rings is 4. The smallest absolute Gasteiger partial charge is 0.311 e. The van der Waals surface area contributed by atoms with Crippen molar-refractivity contribution in [2.24, 2.45) is 0 Å². The molecule has 0 aliphatic carbocycles. The molecule has 0 aromatic heterocycles. The molecule has 8 heteroatoms. The van der Waals surface area contributed by atoms with Crippen LogP contribution in [0, 0.1) is 0 Å². The fraction of sp³-hybridized carbons (Fsp3) is 0.241. The van der Waals surface area contributed by atoms with Gasteiger partial charge in [-0.3, -0.25) is 9.59 Å². The van der Waals surface area contributed by atoms with Gasteiger partial charge in [-0.2, -0.15) is 0 Å². The van der Waals surface area contributed by atoms with Crippen LogP contribution in [0.4, 0.5) is 0 Å². The summed E-state index contributed by atoms with van der Waals surface area (Å²) in [4.78, 5) is 22.7. The van der Waals surface area contributed by atoms with Crippen molar-refractivity contribution >= 4 is 33.5 Å². The molecule has 4 aromatic carbocycles. The summed E-state index contributed by atoms with van der Waals surface area (Å²) in [7, 11) is 6.25. The maximum atomic E-state index is 11.5. The summed E-state index contributed by atoms with van der Waals surface area (Å²) in [6, 6.07) is 18.5. The van der Waals surface area contributed by atoms with Crippen molar-refractivity contribution in [1.29, 1.82) is 0 Å². The van der Waals surface area contributed by atoms with E-state index in [4.69, 9.17) is 28.4 Å². The minimum absolute atomic E-state index is 0.298. The van der Waals surface area contributed by atoms with Crippen LogP contribution in [0.2, 0.25) is 0 Å². The predicted octanol–water partition coefficient (Wildman–Crippen LogP) is 5.95. The third-order valence-corrected chi connectivity index (χ3v) is 5.48. The molecule has 4 aromatic rings. The molecule has 194 valence electrons. The zero-order chi connectivity index (χ0) is 26.9. The molecule has 0 N–H and O–H groups in total. The van der Waals surface area contributed by atoms with Gasteiger partial charge < -0.3 is 28.4 Å². The minimum atomic E-state index is -0.386. The van der Waals surface area contributed by atoms with Gasteiger partial charge in [0, 0.05) is 47.0 Å². The molecule has 0 unspecified atom stereocenters. The van der Waals surface area contributed by atoms with E-state index in [0.717, 1.165) is 21.5 Å². The number of fused-ring (bicyclic) bond motifs is 2. The Kier molecular flexibility index (Phi) is 9.16. The Labute approximate surface area is 215 Å². The number of esters is 2. The molecule has 0 radical (unpaired) electrons. The highest BCUT2D eigenvalue weighted by Crippen LogP contribution is 2.42. The van der Waals surface area contributed by atoms with E-state index in [1.165, 1.54) is 21.1 Å². The van der Waals surface area contributed by atoms with E-state index >= 15 is 0 Å². The minimum Gasteiger partial charge on any atom is -0.496 e. The van der Waals surface area contributed by atoms with Crippen LogP contribution in [0.3, 0.4) is 0 Å². The molecule has 0 saturated heterocycles. The second-order valence-electron chi connectivity index (χ2n) is 7.73. The quantitative estimate of drug-likeness (QED) is 0.224. The monoisotopic (exact) mass is 506 g/mol. The zero-order valence-corrected chi connectivity index (χ0v) is 21.7. The molecule has 0 aliphatic heterocycles. The number of carbonyl (C=O) groups excluding carboxylic acids is 2. The predicted molar refractivity (Wildman–Crippen MR) is 141 cm³/mol. The normalized spacial score (nSPS) is 10.2. The van der Waals surface area contributed by atoms with Crippen molar-refractivity contribution in [3.63, 3.8) is 0 Å². The fourth-order valence-corrected chi connectivity index (χ4v) is 3.76. The Morgan fingerprint density at radius 2 is 0.973 bits per heavy atom. The first-order valence-corrected chi connectivity index (χ1v) is 11.5. The first-order chi connectivity index (χ1) is 17.9. The number of carbonyl (C=O) groups is 2. The number of rotatable bonds is 7. The molecular formula is C29H30O8. The van der Waals surface area contributed by atoms with Gasteiger partial charge in [-0.1, -0.05) is 55.5 Å². The third kappa shape index (κ3) is 6.03. The van der Waals surface area contributed by atoms with Crippen LogP contribution in [0.5, 0.6) is 34.5 Å². The summed E-state index contributed by atoms with van der Waals surface area (Å²) in [6.45, 7) is 3.11. The highest BCUT2D eigenvalue weighted by atomic mass is 16.6. The highest BCUT2D eigenvalue weighted by Gasteiger charge is 2.17. The van der Waals surface area contributed by atoms with Crippen molar-refractivity contribution in [1.82, 2.24) is 0 Å². The van der Waals surface area contributed by atoms with Gasteiger partial charge in [-0.05, 0) is 0 Å². The first kappa shape index (κ1) is 27.1.